The number of benzene rings is 6. The van der Waals surface area contributed by atoms with Crippen LogP contribution in [0.2, 0.25) is 0 Å². The fourth-order valence-electron chi connectivity index (χ4n) is 7.00. The van der Waals surface area contributed by atoms with Gasteiger partial charge in [0.1, 0.15) is 0 Å². The van der Waals surface area contributed by atoms with E-state index in [1.54, 1.807) is 0 Å². The summed E-state index contributed by atoms with van der Waals surface area (Å²) in [4.78, 5) is 0. The molecular formula is C42H35Br6O4Si2V. The Balaban J connectivity index is 0.00000514. The summed E-state index contributed by atoms with van der Waals surface area (Å²) in [5.74, 6) is 0. The summed E-state index contributed by atoms with van der Waals surface area (Å²) >= 11 is 19.1. The molecule has 6 aromatic rings. The van der Waals surface area contributed by atoms with Crippen LogP contribution in [-0.4, -0.2) is 22.7 Å². The van der Waals surface area contributed by atoms with E-state index in [1.165, 1.54) is 6.42 Å². The third-order valence-corrected chi connectivity index (χ3v) is 25.3. The van der Waals surface area contributed by atoms with Gasteiger partial charge in [-0.05, 0) is 0 Å². The van der Waals surface area contributed by atoms with Crippen molar-refractivity contribution in [2.75, 3.05) is 0 Å². The second kappa shape index (κ2) is 19.9. The molecule has 0 radical (unpaired) electrons. The third-order valence-electron chi connectivity index (χ3n) is 9.71. The van der Waals surface area contributed by atoms with Crippen LogP contribution in [0.5, 0.6) is 0 Å². The monoisotopic (exact) mass is 1180 g/mol. The Kier molecular flexibility index (Phi) is 15.8. The molecule has 6 aromatic carbocycles. The van der Waals surface area contributed by atoms with Crippen LogP contribution in [0.25, 0.3) is 0 Å². The maximum absolute atomic E-state index is 8.01. The summed E-state index contributed by atoms with van der Waals surface area (Å²) in [6.07, 6.45) is 5.53. The molecule has 1 aliphatic rings. The predicted molar refractivity (Wildman–Crippen MR) is 245 cm³/mol. The normalized spacial score (nSPS) is 13.6. The minimum absolute atomic E-state index is 0. The van der Waals surface area contributed by atoms with Crippen molar-refractivity contribution in [3.63, 3.8) is 0 Å². The zero-order valence-electron chi connectivity index (χ0n) is 29.3. The quantitative estimate of drug-likeness (QED) is 0.0906. The van der Waals surface area contributed by atoms with Gasteiger partial charge in [-0.15, -0.1) is 0 Å². The Morgan fingerprint density at radius 3 is 0.800 bits per heavy atom. The molecule has 0 N–H and O–H groups in total. The summed E-state index contributed by atoms with van der Waals surface area (Å²) < 4.78 is 29.5. The first kappa shape index (κ1) is 43.6. The molecule has 0 heterocycles. The maximum Gasteiger partial charge on any atom is -2.00 e. The summed E-state index contributed by atoms with van der Waals surface area (Å²) in [7, 11) is -6.64. The molecule has 0 aliphatic heterocycles. The zero-order valence-corrected chi connectivity index (χ0v) is 42.2. The second-order valence-electron chi connectivity index (χ2n) is 13.2. The van der Waals surface area contributed by atoms with Gasteiger partial charge in [-0.1, -0.05) is 0 Å². The average molecular weight is 1190 g/mol. The first-order valence-corrected chi connectivity index (χ1v) is 27.9. The Labute approximate surface area is 381 Å². The molecule has 7 rings (SSSR count). The molecule has 0 atom stereocenters. The molecule has 0 bridgehead atoms. The first-order valence-electron chi connectivity index (χ1n) is 17.6. The van der Waals surface area contributed by atoms with E-state index in [-0.39, 0.29) is 11.6 Å². The average Bonchev–Trinajstić information content (AvgIpc) is 3.18. The van der Waals surface area contributed by atoms with Crippen molar-refractivity contribution in [2.45, 2.75) is 38.2 Å². The number of hydrogen-bond donors (Lipinski definition) is 0. The smallest absolute Gasteiger partial charge is 2.00 e. The van der Waals surface area contributed by atoms with Crippen molar-refractivity contribution in [3.05, 3.63) is 172 Å². The van der Waals surface area contributed by atoms with Gasteiger partial charge in [0.05, 0.1) is 0 Å². The fourth-order valence-corrected chi connectivity index (χ4v) is 22.4. The van der Waals surface area contributed by atoms with E-state index in [1.807, 2.05) is 0 Å². The summed E-state index contributed by atoms with van der Waals surface area (Å²) in [5.41, 5.74) is 0. The van der Waals surface area contributed by atoms with Crippen molar-refractivity contribution >= 4 is 143 Å². The Morgan fingerprint density at radius 2 is 0.582 bits per heavy atom. The SMILES string of the molecule is Brc1ccc([Si]([O][V+2]([O]C2CCCCC2)[O][Si](c2ccc(Br)cc2)(c2ccc(Br)cc2)c2ccc(Br)cc2)(c2ccc(Br)cc2)c2ccc(Br)cc2)cc1.[O-2]. The fraction of sp³-hybridized carbons (Fsp3) is 0.143. The van der Waals surface area contributed by atoms with Crippen molar-refractivity contribution in [3.8, 4) is 0 Å². The van der Waals surface area contributed by atoms with Crippen molar-refractivity contribution in [2.24, 2.45) is 0 Å². The van der Waals surface area contributed by atoms with Crippen LogP contribution >= 0.6 is 95.6 Å². The van der Waals surface area contributed by atoms with Crippen LogP contribution in [0, 0.1) is 0 Å². The van der Waals surface area contributed by atoms with E-state index in [4.69, 9.17) is 10.4 Å². The molecule has 13 heteroatoms. The number of rotatable bonds is 12. The topological polar surface area (TPSA) is 56.2 Å². The van der Waals surface area contributed by atoms with Gasteiger partial charge in [-0.2, -0.15) is 0 Å². The zero-order chi connectivity index (χ0) is 37.7. The minimum Gasteiger partial charge on any atom is -2.00 e. The van der Waals surface area contributed by atoms with E-state index in [0.29, 0.717) is 0 Å². The van der Waals surface area contributed by atoms with Gasteiger partial charge in [0.15, 0.2) is 0 Å². The Morgan fingerprint density at radius 1 is 0.364 bits per heavy atom. The molecule has 0 saturated heterocycles. The van der Waals surface area contributed by atoms with E-state index in [9.17, 15) is 0 Å². The van der Waals surface area contributed by atoms with Crippen LogP contribution < -0.4 is 31.1 Å². The minimum atomic E-state index is -3.32. The Hall–Kier alpha value is -0.942. The van der Waals surface area contributed by atoms with Crippen LogP contribution in [0.4, 0.5) is 0 Å². The van der Waals surface area contributed by atoms with Crippen LogP contribution in [0.15, 0.2) is 172 Å². The largest absolute Gasteiger partial charge is 2.00 e. The van der Waals surface area contributed by atoms with Crippen LogP contribution in [0.3, 0.4) is 0 Å². The predicted octanol–water partition coefficient (Wildman–Crippen LogP) is 10.5. The Bertz CT molecular complexity index is 1770. The maximum atomic E-state index is 8.01. The summed E-state index contributed by atoms with van der Waals surface area (Å²) in [6, 6.07) is 51.8. The molecule has 282 valence electrons. The van der Waals surface area contributed by atoms with E-state index in [0.717, 1.165) is 83.6 Å². The molecule has 0 spiro atoms. The summed E-state index contributed by atoms with van der Waals surface area (Å²) in [6.45, 7) is 0. The van der Waals surface area contributed by atoms with Crippen molar-refractivity contribution in [1.29, 1.82) is 0 Å². The van der Waals surface area contributed by atoms with Gasteiger partial charge in [-0.25, -0.2) is 0 Å². The van der Waals surface area contributed by atoms with Gasteiger partial charge < -0.3 is 5.48 Å². The van der Waals surface area contributed by atoms with Gasteiger partial charge in [0.2, 0.25) is 0 Å². The second-order valence-corrected chi connectivity index (χ2v) is 28.0. The van der Waals surface area contributed by atoms with E-state index < -0.39 is 32.8 Å². The molecule has 0 aromatic heterocycles. The molecule has 0 amide bonds. The van der Waals surface area contributed by atoms with Gasteiger partial charge in [0, 0.05) is 0 Å². The van der Waals surface area contributed by atoms with E-state index >= 15 is 0 Å². The molecule has 55 heavy (non-hydrogen) atoms. The number of halogens is 6. The number of hydrogen-bond acceptors (Lipinski definition) is 3. The molecule has 1 fully saturated rings. The van der Waals surface area contributed by atoms with Crippen molar-refractivity contribution < 1.29 is 32.1 Å². The van der Waals surface area contributed by atoms with Crippen molar-refractivity contribution in [1.82, 2.24) is 0 Å². The molecule has 0 unspecified atom stereocenters. The van der Waals surface area contributed by atoms with Gasteiger partial charge in [0.25, 0.3) is 0 Å². The van der Waals surface area contributed by atoms with Crippen LogP contribution in [0.1, 0.15) is 32.1 Å². The summed E-state index contributed by atoms with van der Waals surface area (Å²) in [5, 5.41) is 6.72. The molecular weight excluding hydrogens is 1150 g/mol. The molecule has 1 saturated carbocycles. The first-order chi connectivity index (χ1) is 26.2. The molecule has 1 aliphatic carbocycles. The van der Waals surface area contributed by atoms with Gasteiger partial charge in [-0.3, -0.25) is 0 Å². The van der Waals surface area contributed by atoms with Gasteiger partial charge >= 0.3 is 381 Å². The molecule has 4 nitrogen and oxygen atoms in total. The van der Waals surface area contributed by atoms with Crippen LogP contribution in [-0.2, 0) is 32.1 Å². The van der Waals surface area contributed by atoms with E-state index in [2.05, 4.69) is 241 Å². The third kappa shape index (κ3) is 10.1. The standard InChI is InChI=1S/2C18H12Br3OSi.C6H11O.O.V/c2*19-13-1-7-16(8-2-13)23(22,17-9-3-14(20)4-10-17)18-11-5-15(21)6-12-18;7-6-4-2-1-3-5-6;;/h2*1-12H;6H,1-5H2;;/q3*-1;-2;+5.